The molecule has 0 fully saturated rings. The Kier molecular flexibility index (Phi) is 5.54. The van der Waals surface area contributed by atoms with Gasteiger partial charge in [-0.05, 0) is 49.4 Å². The molecule has 2 aromatic carbocycles. The second-order valence-electron chi connectivity index (χ2n) is 6.68. The minimum absolute atomic E-state index is 0.0422. The quantitative estimate of drug-likeness (QED) is 0.423. The van der Waals surface area contributed by atoms with Gasteiger partial charge in [-0.15, -0.1) is 0 Å². The molecular formula is C23H19N3O3S. The van der Waals surface area contributed by atoms with Gasteiger partial charge in [-0.2, -0.15) is 0 Å². The highest BCUT2D eigenvalue weighted by Crippen LogP contribution is 2.33. The Hall–Kier alpha value is -3.58. The van der Waals surface area contributed by atoms with Crippen LogP contribution in [0.2, 0.25) is 0 Å². The Balaban J connectivity index is 1.74. The van der Waals surface area contributed by atoms with Crippen LogP contribution in [0, 0.1) is 0 Å². The molecule has 0 saturated carbocycles. The number of methoxy groups -OCH3 is 1. The molecule has 6 nitrogen and oxygen atoms in total. The molecule has 0 saturated heterocycles. The van der Waals surface area contributed by atoms with Crippen LogP contribution in [0.3, 0.4) is 0 Å². The summed E-state index contributed by atoms with van der Waals surface area (Å²) < 4.78 is 6.22. The number of hydrogen-bond donors (Lipinski definition) is 0. The highest BCUT2D eigenvalue weighted by atomic mass is 32.1. The lowest BCUT2D eigenvalue weighted by Crippen LogP contribution is -2.30. The number of ketones is 1. The number of hydrogen-bond acceptors (Lipinski definition) is 6. The van der Waals surface area contributed by atoms with Crippen molar-refractivity contribution in [1.82, 2.24) is 9.97 Å². The smallest absolute Gasteiger partial charge is 0.260 e. The number of nitrogens with zero attached hydrogens (tertiary/aromatic N) is 3. The number of ether oxygens (including phenoxy) is 1. The van der Waals surface area contributed by atoms with Crippen molar-refractivity contribution < 1.29 is 14.3 Å². The van der Waals surface area contributed by atoms with Crippen molar-refractivity contribution in [3.05, 3.63) is 83.7 Å². The van der Waals surface area contributed by atoms with Gasteiger partial charge in [0.15, 0.2) is 10.9 Å². The zero-order valence-electron chi connectivity index (χ0n) is 16.5. The van der Waals surface area contributed by atoms with E-state index >= 15 is 0 Å². The van der Waals surface area contributed by atoms with Crippen molar-refractivity contribution in [2.75, 3.05) is 12.0 Å². The van der Waals surface area contributed by atoms with E-state index in [1.165, 1.54) is 18.3 Å². The zero-order chi connectivity index (χ0) is 21.1. The van der Waals surface area contributed by atoms with Gasteiger partial charge in [0.05, 0.1) is 29.6 Å². The predicted molar refractivity (Wildman–Crippen MR) is 117 cm³/mol. The van der Waals surface area contributed by atoms with Crippen molar-refractivity contribution in [2.24, 2.45) is 0 Å². The maximum Gasteiger partial charge on any atom is 0.260 e. The van der Waals surface area contributed by atoms with Crippen LogP contribution in [-0.2, 0) is 6.54 Å². The minimum Gasteiger partial charge on any atom is -0.497 e. The summed E-state index contributed by atoms with van der Waals surface area (Å²) in [5, 5.41) is 0.574. The molecule has 0 unspecified atom stereocenters. The Labute approximate surface area is 177 Å². The molecule has 4 aromatic rings. The lowest BCUT2D eigenvalue weighted by molar-refractivity contribution is 0.0980. The summed E-state index contributed by atoms with van der Waals surface area (Å²) in [6, 6.07) is 17.9. The fourth-order valence-corrected chi connectivity index (χ4v) is 4.01. The fourth-order valence-electron chi connectivity index (χ4n) is 3.02. The van der Waals surface area contributed by atoms with E-state index in [1.54, 1.807) is 42.5 Å². The number of rotatable bonds is 6. The van der Waals surface area contributed by atoms with Crippen LogP contribution >= 0.6 is 11.3 Å². The molecule has 4 rings (SSSR count). The first-order valence-electron chi connectivity index (χ1n) is 9.32. The molecule has 0 aliphatic rings. The lowest BCUT2D eigenvalue weighted by atomic mass is 10.1. The molecule has 1 amide bonds. The number of fused-ring (bicyclic) bond motifs is 1. The molecule has 7 heteroatoms. The van der Waals surface area contributed by atoms with E-state index in [0.717, 1.165) is 21.7 Å². The van der Waals surface area contributed by atoms with E-state index in [9.17, 15) is 9.59 Å². The summed E-state index contributed by atoms with van der Waals surface area (Å²) in [5.41, 5.74) is 2.59. The van der Waals surface area contributed by atoms with Crippen molar-refractivity contribution in [2.45, 2.75) is 13.5 Å². The number of pyridine rings is 1. The summed E-state index contributed by atoms with van der Waals surface area (Å²) >= 11 is 1.42. The van der Waals surface area contributed by atoms with Gasteiger partial charge in [0.1, 0.15) is 5.75 Å². The second-order valence-corrected chi connectivity index (χ2v) is 7.69. The highest BCUT2D eigenvalue weighted by molar-refractivity contribution is 7.22. The van der Waals surface area contributed by atoms with E-state index in [0.29, 0.717) is 16.3 Å². The first kappa shape index (κ1) is 19.7. The molecule has 0 spiro atoms. The maximum atomic E-state index is 13.4. The van der Waals surface area contributed by atoms with E-state index in [-0.39, 0.29) is 18.2 Å². The van der Waals surface area contributed by atoms with Crippen LogP contribution in [0.15, 0.2) is 66.9 Å². The van der Waals surface area contributed by atoms with Gasteiger partial charge in [-0.1, -0.05) is 29.5 Å². The number of benzene rings is 2. The lowest BCUT2D eigenvalue weighted by Gasteiger charge is -2.19. The van der Waals surface area contributed by atoms with Gasteiger partial charge in [0.2, 0.25) is 0 Å². The van der Waals surface area contributed by atoms with Crippen LogP contribution in [0.25, 0.3) is 10.2 Å². The molecular weight excluding hydrogens is 398 g/mol. The van der Waals surface area contributed by atoms with Crippen LogP contribution in [0.5, 0.6) is 5.75 Å². The van der Waals surface area contributed by atoms with E-state index in [1.807, 2.05) is 36.4 Å². The SMILES string of the molecule is COc1ccc2nc(N(Cc3ccccn3)C(=O)c3ccc(C(C)=O)cc3)sc2c1. The molecule has 0 atom stereocenters. The van der Waals surface area contributed by atoms with Crippen molar-refractivity contribution in [3.63, 3.8) is 0 Å². The third kappa shape index (κ3) is 4.06. The molecule has 0 aliphatic carbocycles. The van der Waals surface area contributed by atoms with Crippen molar-refractivity contribution >= 4 is 38.4 Å². The zero-order valence-corrected chi connectivity index (χ0v) is 17.3. The molecule has 0 radical (unpaired) electrons. The van der Waals surface area contributed by atoms with Crippen LogP contribution in [-0.4, -0.2) is 28.8 Å². The van der Waals surface area contributed by atoms with E-state index in [4.69, 9.17) is 4.74 Å². The number of carbonyl (C=O) groups is 2. The first-order valence-corrected chi connectivity index (χ1v) is 10.1. The van der Waals surface area contributed by atoms with Gasteiger partial charge >= 0.3 is 0 Å². The van der Waals surface area contributed by atoms with Gasteiger partial charge in [-0.3, -0.25) is 19.5 Å². The molecule has 0 bridgehead atoms. The first-order chi connectivity index (χ1) is 14.5. The Morgan fingerprint density at radius 2 is 1.80 bits per heavy atom. The average molecular weight is 417 g/mol. The number of Topliss-reactive ketones (excluding diaryl/α,β-unsaturated/α-hetero) is 1. The van der Waals surface area contributed by atoms with Gasteiger partial charge < -0.3 is 4.74 Å². The summed E-state index contributed by atoms with van der Waals surface area (Å²) in [4.78, 5) is 35.6. The molecule has 30 heavy (non-hydrogen) atoms. The maximum absolute atomic E-state index is 13.4. The Morgan fingerprint density at radius 3 is 2.47 bits per heavy atom. The molecule has 0 aliphatic heterocycles. The molecule has 150 valence electrons. The van der Waals surface area contributed by atoms with Crippen LogP contribution in [0.4, 0.5) is 5.13 Å². The van der Waals surface area contributed by atoms with E-state index < -0.39 is 0 Å². The average Bonchev–Trinajstić information content (AvgIpc) is 3.20. The van der Waals surface area contributed by atoms with Crippen molar-refractivity contribution in [1.29, 1.82) is 0 Å². The minimum atomic E-state index is -0.207. The van der Waals surface area contributed by atoms with Gasteiger partial charge in [0.25, 0.3) is 5.91 Å². The standard InChI is InChI=1S/C23H19N3O3S/c1-15(27)16-6-8-17(9-7-16)22(28)26(14-18-5-3-4-12-24-18)23-25-20-11-10-19(29-2)13-21(20)30-23/h3-13H,14H2,1-2H3. The number of carbonyl (C=O) groups excluding carboxylic acids is 2. The Morgan fingerprint density at radius 1 is 1.03 bits per heavy atom. The third-order valence-electron chi connectivity index (χ3n) is 4.65. The number of aromatic nitrogens is 2. The number of anilines is 1. The summed E-state index contributed by atoms with van der Waals surface area (Å²) in [7, 11) is 1.62. The van der Waals surface area contributed by atoms with Gasteiger partial charge in [0, 0.05) is 17.3 Å². The fraction of sp³-hybridized carbons (Fsp3) is 0.130. The van der Waals surface area contributed by atoms with Crippen LogP contribution in [0.1, 0.15) is 33.3 Å². The third-order valence-corrected chi connectivity index (χ3v) is 5.69. The second kappa shape index (κ2) is 8.42. The van der Waals surface area contributed by atoms with Crippen LogP contribution < -0.4 is 9.64 Å². The topological polar surface area (TPSA) is 72.4 Å². The number of thiazole rings is 1. The molecule has 2 aromatic heterocycles. The number of amides is 1. The summed E-state index contributed by atoms with van der Waals surface area (Å²) in [6.45, 7) is 1.78. The van der Waals surface area contributed by atoms with Crippen molar-refractivity contribution in [3.8, 4) is 5.75 Å². The molecule has 2 heterocycles. The highest BCUT2D eigenvalue weighted by Gasteiger charge is 2.22. The summed E-state index contributed by atoms with van der Waals surface area (Å²) in [6.07, 6.45) is 1.70. The summed E-state index contributed by atoms with van der Waals surface area (Å²) in [5.74, 6) is 0.487. The van der Waals surface area contributed by atoms with E-state index in [2.05, 4.69) is 9.97 Å². The predicted octanol–water partition coefficient (Wildman–Crippen LogP) is 4.75. The molecule has 0 N–H and O–H groups in total. The largest absolute Gasteiger partial charge is 0.497 e. The normalized spacial score (nSPS) is 10.7. The van der Waals surface area contributed by atoms with Gasteiger partial charge in [-0.25, -0.2) is 4.98 Å². The Bertz CT molecular complexity index is 1200. The monoisotopic (exact) mass is 417 g/mol.